The number of fused-ring (bicyclic) bond motifs is 1. The second kappa shape index (κ2) is 4.37. The summed E-state index contributed by atoms with van der Waals surface area (Å²) in [6, 6.07) is 7.32. The first-order valence-corrected chi connectivity index (χ1v) is 5.15. The van der Waals surface area contributed by atoms with Gasteiger partial charge >= 0.3 is 5.97 Å². The molecule has 2 aromatic rings. The van der Waals surface area contributed by atoms with Gasteiger partial charge in [-0.05, 0) is 6.07 Å². The van der Waals surface area contributed by atoms with Crippen molar-refractivity contribution in [3.05, 3.63) is 30.0 Å². The van der Waals surface area contributed by atoms with Crippen LogP contribution in [0.15, 0.2) is 24.3 Å². The maximum Gasteiger partial charge on any atom is 0.313 e. The molecule has 0 atom stereocenters. The van der Waals surface area contributed by atoms with E-state index in [1.54, 1.807) is 7.05 Å². The first-order valence-electron chi connectivity index (χ1n) is 5.15. The maximum absolute atomic E-state index is 11.9. The fourth-order valence-corrected chi connectivity index (χ4v) is 1.76. The summed E-state index contributed by atoms with van der Waals surface area (Å²) in [6.45, 7) is 0. The summed E-state index contributed by atoms with van der Waals surface area (Å²) < 4.78 is 5.98. The number of aromatic nitrogens is 2. The highest BCUT2D eigenvalue weighted by Gasteiger charge is 2.19. The van der Waals surface area contributed by atoms with Crippen LogP contribution in [0, 0.1) is 0 Å². The lowest BCUT2D eigenvalue weighted by molar-refractivity contribution is -0.139. The maximum atomic E-state index is 11.9. The van der Waals surface area contributed by atoms with E-state index in [0.717, 1.165) is 10.9 Å². The van der Waals surface area contributed by atoms with Gasteiger partial charge in [0, 0.05) is 12.4 Å². The highest BCUT2D eigenvalue weighted by molar-refractivity contribution is 6.11. The molecule has 0 N–H and O–H groups in total. The Morgan fingerprint density at radius 2 is 2.06 bits per heavy atom. The zero-order valence-corrected chi connectivity index (χ0v) is 9.64. The molecule has 2 rings (SSSR count). The van der Waals surface area contributed by atoms with Crippen LogP contribution >= 0.6 is 0 Å². The van der Waals surface area contributed by atoms with E-state index < -0.39 is 5.97 Å². The fraction of sp³-hybridized carbons (Fsp3) is 0.250. The van der Waals surface area contributed by atoms with Gasteiger partial charge in [-0.25, -0.2) is 0 Å². The minimum absolute atomic E-state index is 0.264. The Morgan fingerprint density at radius 1 is 1.35 bits per heavy atom. The molecule has 0 radical (unpaired) electrons. The average molecular weight is 232 g/mol. The van der Waals surface area contributed by atoms with E-state index in [4.69, 9.17) is 0 Å². The molecule has 1 aromatic carbocycles. The SMILES string of the molecule is COC(=O)CC(=O)c1c2ccccc2nn1C. The molecule has 0 saturated heterocycles. The number of nitrogens with zero attached hydrogens (tertiary/aromatic N) is 2. The molecular formula is C12H12N2O3. The molecule has 0 saturated carbocycles. The number of methoxy groups -OCH3 is 1. The second-order valence-corrected chi connectivity index (χ2v) is 3.67. The Kier molecular flexibility index (Phi) is 2.91. The summed E-state index contributed by atoms with van der Waals surface area (Å²) in [7, 11) is 2.95. The fourth-order valence-electron chi connectivity index (χ4n) is 1.76. The number of carbonyl (C=O) groups is 2. The monoisotopic (exact) mass is 232 g/mol. The van der Waals surface area contributed by atoms with Crippen molar-refractivity contribution in [1.29, 1.82) is 0 Å². The summed E-state index contributed by atoms with van der Waals surface area (Å²) in [5, 5.41) is 4.96. The summed E-state index contributed by atoms with van der Waals surface area (Å²) in [5.41, 5.74) is 1.18. The summed E-state index contributed by atoms with van der Waals surface area (Å²) in [4.78, 5) is 23.0. The van der Waals surface area contributed by atoms with Gasteiger partial charge in [0.05, 0.1) is 12.6 Å². The lowest BCUT2D eigenvalue weighted by atomic mass is 10.1. The molecule has 5 nitrogen and oxygen atoms in total. The van der Waals surface area contributed by atoms with Crippen molar-refractivity contribution in [3.63, 3.8) is 0 Å². The predicted octanol–water partition coefficient (Wildman–Crippen LogP) is 1.32. The van der Waals surface area contributed by atoms with Gasteiger partial charge in [-0.2, -0.15) is 5.10 Å². The van der Waals surface area contributed by atoms with Crippen molar-refractivity contribution in [2.75, 3.05) is 7.11 Å². The number of ketones is 1. The number of esters is 1. The van der Waals surface area contributed by atoms with Gasteiger partial charge in [0.1, 0.15) is 12.1 Å². The molecule has 88 valence electrons. The highest BCUT2D eigenvalue weighted by Crippen LogP contribution is 2.18. The molecule has 0 spiro atoms. The average Bonchev–Trinajstić information content (AvgIpc) is 2.64. The molecule has 1 heterocycles. The summed E-state index contributed by atoms with van der Waals surface area (Å²) >= 11 is 0. The van der Waals surface area contributed by atoms with Gasteiger partial charge in [-0.15, -0.1) is 0 Å². The molecule has 1 aromatic heterocycles. The van der Waals surface area contributed by atoms with Gasteiger partial charge < -0.3 is 4.74 Å². The molecule has 0 unspecified atom stereocenters. The summed E-state index contributed by atoms with van der Waals surface area (Å²) in [6.07, 6.45) is -0.264. The van der Waals surface area contributed by atoms with E-state index in [2.05, 4.69) is 9.84 Å². The molecule has 0 aliphatic carbocycles. The van der Waals surface area contributed by atoms with Crippen LogP contribution < -0.4 is 0 Å². The van der Waals surface area contributed by atoms with Crippen molar-refractivity contribution in [1.82, 2.24) is 9.78 Å². The zero-order chi connectivity index (χ0) is 12.4. The normalized spacial score (nSPS) is 10.5. The molecule has 0 aliphatic rings. The van der Waals surface area contributed by atoms with E-state index in [-0.39, 0.29) is 12.2 Å². The van der Waals surface area contributed by atoms with Crippen LogP contribution in [-0.4, -0.2) is 28.6 Å². The molecule has 0 amide bonds. The predicted molar refractivity (Wildman–Crippen MR) is 61.7 cm³/mol. The molecular weight excluding hydrogens is 220 g/mol. The van der Waals surface area contributed by atoms with Gasteiger partial charge in [-0.1, -0.05) is 18.2 Å². The first kappa shape index (κ1) is 11.3. The van der Waals surface area contributed by atoms with Crippen molar-refractivity contribution in [3.8, 4) is 0 Å². The molecule has 0 fully saturated rings. The largest absolute Gasteiger partial charge is 0.469 e. The smallest absolute Gasteiger partial charge is 0.313 e. The van der Waals surface area contributed by atoms with Gasteiger partial charge in [0.2, 0.25) is 0 Å². The lowest BCUT2D eigenvalue weighted by Crippen LogP contribution is -2.13. The Morgan fingerprint density at radius 3 is 2.76 bits per heavy atom. The van der Waals surface area contributed by atoms with Crippen LogP contribution in [0.1, 0.15) is 16.9 Å². The van der Waals surface area contributed by atoms with E-state index >= 15 is 0 Å². The number of benzene rings is 1. The Bertz CT molecular complexity index is 586. The number of Topliss-reactive ketones (excluding diaryl/α,β-unsaturated/α-hetero) is 1. The third-order valence-electron chi connectivity index (χ3n) is 2.54. The van der Waals surface area contributed by atoms with Crippen LogP contribution in [-0.2, 0) is 16.6 Å². The molecule has 0 aliphatic heterocycles. The Balaban J connectivity index is 2.44. The quantitative estimate of drug-likeness (QED) is 0.455. The van der Waals surface area contributed by atoms with Crippen LogP contribution in [0.3, 0.4) is 0 Å². The van der Waals surface area contributed by atoms with Crippen molar-refractivity contribution in [2.45, 2.75) is 6.42 Å². The van der Waals surface area contributed by atoms with Crippen LogP contribution in [0.4, 0.5) is 0 Å². The topological polar surface area (TPSA) is 61.2 Å². The molecule has 0 bridgehead atoms. The second-order valence-electron chi connectivity index (χ2n) is 3.67. The molecule has 17 heavy (non-hydrogen) atoms. The zero-order valence-electron chi connectivity index (χ0n) is 9.64. The number of ether oxygens (including phenoxy) is 1. The van der Waals surface area contributed by atoms with Crippen LogP contribution in [0.2, 0.25) is 0 Å². The third-order valence-corrected chi connectivity index (χ3v) is 2.54. The number of hydrogen-bond donors (Lipinski definition) is 0. The first-order chi connectivity index (χ1) is 8.13. The Hall–Kier alpha value is -2.17. The standard InChI is InChI=1S/C12H12N2O3/c1-14-12(10(15)7-11(16)17-2)8-5-3-4-6-9(8)13-14/h3-6H,7H2,1-2H3. The number of carbonyl (C=O) groups excluding carboxylic acids is 2. The summed E-state index contributed by atoms with van der Waals surface area (Å²) in [5.74, 6) is -0.826. The van der Waals surface area contributed by atoms with E-state index in [1.165, 1.54) is 11.8 Å². The third kappa shape index (κ3) is 2.04. The minimum atomic E-state index is -0.541. The number of rotatable bonds is 3. The number of hydrogen-bond acceptors (Lipinski definition) is 4. The van der Waals surface area contributed by atoms with Gasteiger partial charge in [-0.3, -0.25) is 14.3 Å². The van der Waals surface area contributed by atoms with E-state index in [1.807, 2.05) is 24.3 Å². The Labute approximate surface area is 98.0 Å². The highest BCUT2D eigenvalue weighted by atomic mass is 16.5. The number of aryl methyl sites for hydroxylation is 1. The molecule has 5 heteroatoms. The van der Waals surface area contributed by atoms with Crippen molar-refractivity contribution >= 4 is 22.7 Å². The lowest BCUT2D eigenvalue weighted by Gasteiger charge is -2.00. The van der Waals surface area contributed by atoms with Crippen LogP contribution in [0.5, 0.6) is 0 Å². The van der Waals surface area contributed by atoms with E-state index in [0.29, 0.717) is 5.69 Å². The van der Waals surface area contributed by atoms with Gasteiger partial charge in [0.25, 0.3) is 0 Å². The minimum Gasteiger partial charge on any atom is -0.469 e. The van der Waals surface area contributed by atoms with E-state index in [9.17, 15) is 9.59 Å². The van der Waals surface area contributed by atoms with Crippen molar-refractivity contribution < 1.29 is 14.3 Å². The van der Waals surface area contributed by atoms with Gasteiger partial charge in [0.15, 0.2) is 5.78 Å². The van der Waals surface area contributed by atoms with Crippen LogP contribution in [0.25, 0.3) is 10.9 Å². The van der Waals surface area contributed by atoms with Crippen molar-refractivity contribution in [2.24, 2.45) is 7.05 Å².